The molecule has 0 saturated heterocycles. The summed E-state index contributed by atoms with van der Waals surface area (Å²) in [5, 5.41) is 8.05. The number of benzene rings is 2. The average Bonchev–Trinajstić information content (AvgIpc) is 2.48. The highest BCUT2D eigenvalue weighted by Gasteiger charge is 2.08. The number of hydrogen-bond acceptors (Lipinski definition) is 6. The first kappa shape index (κ1) is 16.1. The van der Waals surface area contributed by atoms with E-state index in [4.69, 9.17) is 15.0 Å². The Balaban J connectivity index is 2.20. The number of anilines is 1. The van der Waals surface area contributed by atoms with Crippen molar-refractivity contribution in [3.8, 4) is 0 Å². The molecule has 0 aromatic heterocycles. The summed E-state index contributed by atoms with van der Waals surface area (Å²) >= 11 is 0. The van der Waals surface area contributed by atoms with Crippen LogP contribution in [0, 0.1) is 0 Å². The average molecular weight is 321 g/mol. The number of nitrogens with two attached hydrogens (primary N) is 1. The molecule has 0 unspecified atom stereocenters. The van der Waals surface area contributed by atoms with Crippen LogP contribution >= 0.6 is 0 Å². The van der Waals surface area contributed by atoms with Crippen LogP contribution in [0.25, 0.3) is 0 Å². The van der Waals surface area contributed by atoms with Gasteiger partial charge in [0.25, 0.3) is 10.1 Å². The van der Waals surface area contributed by atoms with Gasteiger partial charge in [-0.2, -0.15) is 18.6 Å². The minimum Gasteiger partial charge on any atom is -0.398 e. The van der Waals surface area contributed by atoms with Crippen LogP contribution in [0.3, 0.4) is 0 Å². The van der Waals surface area contributed by atoms with Crippen molar-refractivity contribution < 1.29 is 17.7 Å². The Hall–Kier alpha value is -2.29. The third-order valence-corrected chi connectivity index (χ3v) is 3.71. The number of nitrogen functional groups attached to an aromatic ring is 1. The topological polar surface area (TPSA) is 114 Å². The van der Waals surface area contributed by atoms with E-state index in [2.05, 4.69) is 10.2 Å². The van der Waals surface area contributed by atoms with E-state index in [1.807, 2.05) is 0 Å². The molecule has 2 aromatic rings. The van der Waals surface area contributed by atoms with Gasteiger partial charge < -0.3 is 10.5 Å². The molecule has 3 N–H and O–H groups in total. The third kappa shape index (κ3) is 4.10. The van der Waals surface area contributed by atoms with Gasteiger partial charge in [0.15, 0.2) is 0 Å². The maximum absolute atomic E-state index is 10.9. The minimum absolute atomic E-state index is 0.193. The van der Waals surface area contributed by atoms with Gasteiger partial charge in [0.05, 0.1) is 22.9 Å². The summed E-state index contributed by atoms with van der Waals surface area (Å²) in [6.45, 7) is 0.373. The molecule has 0 spiro atoms. The molecule has 2 rings (SSSR count). The van der Waals surface area contributed by atoms with Crippen LogP contribution in [0.15, 0.2) is 57.6 Å². The number of ether oxygens (including phenoxy) is 1. The summed E-state index contributed by atoms with van der Waals surface area (Å²) in [6, 6.07) is 10.6. The van der Waals surface area contributed by atoms with Crippen LogP contribution in [0.2, 0.25) is 0 Å². The van der Waals surface area contributed by atoms with Crippen LogP contribution in [-0.4, -0.2) is 20.1 Å². The number of azo groups is 1. The molecule has 22 heavy (non-hydrogen) atoms. The van der Waals surface area contributed by atoms with Gasteiger partial charge in [0.2, 0.25) is 0 Å². The SMILES string of the molecule is COCc1cc(/N=N/c2ccc(S(=O)(=O)O)cc2)ccc1N. The Morgan fingerprint density at radius 3 is 2.27 bits per heavy atom. The Morgan fingerprint density at radius 2 is 1.68 bits per heavy atom. The summed E-state index contributed by atoms with van der Waals surface area (Å²) in [5.41, 5.74) is 8.28. The lowest BCUT2D eigenvalue weighted by atomic mass is 10.2. The fourth-order valence-corrected chi connectivity index (χ4v) is 2.22. The number of rotatable bonds is 5. The molecule has 116 valence electrons. The van der Waals surface area contributed by atoms with Crippen molar-refractivity contribution >= 4 is 27.2 Å². The summed E-state index contributed by atoms with van der Waals surface area (Å²) in [7, 11) is -2.63. The third-order valence-electron chi connectivity index (χ3n) is 2.84. The Kier molecular flexibility index (Phi) is 4.86. The van der Waals surface area contributed by atoms with Gasteiger partial charge in [0, 0.05) is 18.4 Å². The van der Waals surface area contributed by atoms with Crippen molar-refractivity contribution in [1.29, 1.82) is 0 Å². The van der Waals surface area contributed by atoms with Gasteiger partial charge in [-0.25, -0.2) is 0 Å². The van der Waals surface area contributed by atoms with Crippen LogP contribution in [0.1, 0.15) is 5.56 Å². The maximum Gasteiger partial charge on any atom is 0.294 e. The molecule has 0 aliphatic carbocycles. The van der Waals surface area contributed by atoms with Crippen molar-refractivity contribution in [1.82, 2.24) is 0 Å². The first-order valence-electron chi connectivity index (χ1n) is 6.27. The Morgan fingerprint density at radius 1 is 1.09 bits per heavy atom. The zero-order valence-electron chi connectivity index (χ0n) is 11.8. The van der Waals surface area contributed by atoms with Crippen LogP contribution in [0.5, 0.6) is 0 Å². The normalized spacial score (nSPS) is 11.9. The Bertz CT molecular complexity index is 786. The van der Waals surface area contributed by atoms with Crippen LogP contribution < -0.4 is 5.73 Å². The van der Waals surface area contributed by atoms with Gasteiger partial charge in [-0.15, -0.1) is 0 Å². The smallest absolute Gasteiger partial charge is 0.294 e. The molecule has 0 aliphatic heterocycles. The lowest BCUT2D eigenvalue weighted by molar-refractivity contribution is 0.185. The fourth-order valence-electron chi connectivity index (χ4n) is 1.74. The standard InChI is InChI=1S/C14H15N3O4S/c1-21-9-10-8-12(4-7-14(10)15)17-16-11-2-5-13(6-3-11)22(18,19)20/h2-8H,9,15H2,1H3,(H,18,19,20)/b17-16+. The monoisotopic (exact) mass is 321 g/mol. The second-order valence-corrected chi connectivity index (χ2v) is 5.91. The summed E-state index contributed by atoms with van der Waals surface area (Å²) < 4.78 is 35.8. The molecule has 0 heterocycles. The fraction of sp³-hybridized carbons (Fsp3) is 0.143. The molecule has 0 atom stereocenters. The van der Waals surface area contributed by atoms with Gasteiger partial charge in [-0.05, 0) is 42.5 Å². The highest BCUT2D eigenvalue weighted by Crippen LogP contribution is 2.24. The van der Waals surface area contributed by atoms with Crippen molar-refractivity contribution in [2.75, 3.05) is 12.8 Å². The van der Waals surface area contributed by atoms with E-state index in [9.17, 15) is 8.42 Å². The van der Waals surface area contributed by atoms with E-state index in [-0.39, 0.29) is 4.90 Å². The van der Waals surface area contributed by atoms with E-state index in [1.165, 1.54) is 24.3 Å². The van der Waals surface area contributed by atoms with E-state index in [0.29, 0.717) is 23.7 Å². The molecule has 8 heteroatoms. The van der Waals surface area contributed by atoms with Crippen LogP contribution in [-0.2, 0) is 21.5 Å². The molecule has 0 amide bonds. The number of nitrogens with zero attached hydrogens (tertiary/aromatic N) is 2. The molecule has 2 aromatic carbocycles. The molecule has 7 nitrogen and oxygen atoms in total. The zero-order valence-corrected chi connectivity index (χ0v) is 12.6. The lowest BCUT2D eigenvalue weighted by Crippen LogP contribution is -1.96. The minimum atomic E-state index is -4.20. The molecule has 0 radical (unpaired) electrons. The molecular weight excluding hydrogens is 306 g/mol. The van der Waals surface area contributed by atoms with Crippen LogP contribution in [0.4, 0.5) is 17.1 Å². The quantitative estimate of drug-likeness (QED) is 0.499. The molecule has 0 saturated carbocycles. The largest absolute Gasteiger partial charge is 0.398 e. The van der Waals surface area contributed by atoms with Gasteiger partial charge in [0.1, 0.15) is 0 Å². The van der Waals surface area contributed by atoms with Gasteiger partial charge in [-0.1, -0.05) is 0 Å². The molecular formula is C14H15N3O4S. The van der Waals surface area contributed by atoms with Crippen molar-refractivity contribution in [3.63, 3.8) is 0 Å². The predicted octanol–water partition coefficient (Wildman–Crippen LogP) is 3.08. The van der Waals surface area contributed by atoms with Crippen molar-refractivity contribution in [2.45, 2.75) is 11.5 Å². The summed E-state index contributed by atoms with van der Waals surface area (Å²) in [5.74, 6) is 0. The zero-order chi connectivity index (χ0) is 16.2. The van der Waals surface area contributed by atoms with E-state index in [0.717, 1.165) is 5.56 Å². The van der Waals surface area contributed by atoms with Gasteiger partial charge in [-0.3, -0.25) is 4.55 Å². The second kappa shape index (κ2) is 6.65. The molecule has 0 aliphatic rings. The summed E-state index contributed by atoms with van der Waals surface area (Å²) in [6.07, 6.45) is 0. The van der Waals surface area contributed by atoms with Crippen molar-refractivity contribution in [2.24, 2.45) is 10.2 Å². The molecule has 0 fully saturated rings. The van der Waals surface area contributed by atoms with E-state index >= 15 is 0 Å². The lowest BCUT2D eigenvalue weighted by Gasteiger charge is -2.04. The first-order valence-corrected chi connectivity index (χ1v) is 7.71. The second-order valence-electron chi connectivity index (χ2n) is 4.49. The van der Waals surface area contributed by atoms with Crippen molar-refractivity contribution in [3.05, 3.63) is 48.0 Å². The summed E-state index contributed by atoms with van der Waals surface area (Å²) in [4.78, 5) is -0.193. The van der Waals surface area contributed by atoms with E-state index < -0.39 is 10.1 Å². The maximum atomic E-state index is 10.9. The highest BCUT2D eigenvalue weighted by atomic mass is 32.2. The Labute approximate surface area is 128 Å². The number of methoxy groups -OCH3 is 1. The highest BCUT2D eigenvalue weighted by molar-refractivity contribution is 7.85. The van der Waals surface area contributed by atoms with Gasteiger partial charge >= 0.3 is 0 Å². The first-order chi connectivity index (χ1) is 10.4. The van der Waals surface area contributed by atoms with E-state index in [1.54, 1.807) is 25.3 Å². The predicted molar refractivity (Wildman–Crippen MR) is 82.0 cm³/mol. The number of hydrogen-bond donors (Lipinski definition) is 2. The molecule has 0 bridgehead atoms.